The fourth-order valence-electron chi connectivity index (χ4n) is 3.58. The number of hydrogen-bond acceptors (Lipinski definition) is 2. The second kappa shape index (κ2) is 8.15. The van der Waals surface area contributed by atoms with Crippen LogP contribution >= 0.6 is 0 Å². The Morgan fingerprint density at radius 3 is 2.42 bits per heavy atom. The number of Topliss-reactive ketones (excluding diaryl/α,β-unsaturated/α-hetero) is 1. The normalized spacial score (nSPS) is 17.0. The molecule has 0 unspecified atom stereocenters. The van der Waals surface area contributed by atoms with Crippen LogP contribution in [0.25, 0.3) is 5.57 Å². The van der Waals surface area contributed by atoms with Crippen molar-refractivity contribution in [3.63, 3.8) is 0 Å². The van der Waals surface area contributed by atoms with Gasteiger partial charge in [-0.25, -0.2) is 0 Å². The molecule has 0 bridgehead atoms. The molecule has 1 saturated carbocycles. The molecule has 0 aliphatic heterocycles. The van der Waals surface area contributed by atoms with Crippen molar-refractivity contribution in [1.29, 1.82) is 0 Å². The van der Waals surface area contributed by atoms with Gasteiger partial charge < -0.3 is 4.74 Å². The third-order valence-corrected chi connectivity index (χ3v) is 6.20. The van der Waals surface area contributed by atoms with Crippen molar-refractivity contribution in [3.05, 3.63) is 35.4 Å². The molecule has 0 heterocycles. The van der Waals surface area contributed by atoms with Gasteiger partial charge in [-0.2, -0.15) is 0 Å². The summed E-state index contributed by atoms with van der Waals surface area (Å²) in [6, 6.07) is 7.08. The maximum absolute atomic E-state index is 11.7. The van der Waals surface area contributed by atoms with E-state index in [9.17, 15) is 4.79 Å². The monoisotopic (exact) mass is 344 g/mol. The lowest BCUT2D eigenvalue weighted by Gasteiger charge is -2.24. The van der Waals surface area contributed by atoms with E-state index in [0.29, 0.717) is 5.92 Å². The summed E-state index contributed by atoms with van der Waals surface area (Å²) in [6.45, 7) is 8.85. The molecule has 132 valence electrons. The van der Waals surface area contributed by atoms with E-state index in [4.69, 9.17) is 4.74 Å². The topological polar surface area (TPSA) is 26.3 Å². The average molecular weight is 345 g/mol. The van der Waals surface area contributed by atoms with Crippen molar-refractivity contribution in [2.45, 2.75) is 64.7 Å². The summed E-state index contributed by atoms with van der Waals surface area (Å²) in [6.07, 6.45) is 9.21. The summed E-state index contributed by atoms with van der Waals surface area (Å²) in [7, 11) is 0.454. The van der Waals surface area contributed by atoms with Crippen molar-refractivity contribution < 1.29 is 9.53 Å². The van der Waals surface area contributed by atoms with Crippen molar-refractivity contribution in [3.8, 4) is 5.75 Å². The van der Waals surface area contributed by atoms with Crippen molar-refractivity contribution >= 4 is 19.4 Å². The van der Waals surface area contributed by atoms with Crippen LogP contribution in [0.5, 0.6) is 5.75 Å². The van der Waals surface area contributed by atoms with E-state index in [1.807, 2.05) is 12.1 Å². The summed E-state index contributed by atoms with van der Waals surface area (Å²) < 4.78 is 5.64. The zero-order chi connectivity index (χ0) is 17.7. The molecule has 0 amide bonds. The van der Waals surface area contributed by atoms with Gasteiger partial charge in [-0.1, -0.05) is 57.1 Å². The molecule has 0 spiro atoms. The van der Waals surface area contributed by atoms with E-state index in [0.717, 1.165) is 17.4 Å². The first-order valence-electron chi connectivity index (χ1n) is 9.20. The molecule has 0 radical (unpaired) electrons. The molecule has 2 nitrogen and oxygen atoms in total. The van der Waals surface area contributed by atoms with Crippen LogP contribution in [0.2, 0.25) is 25.7 Å². The highest BCUT2D eigenvalue weighted by atomic mass is 28.3. The molecule has 1 fully saturated rings. The number of rotatable bonds is 6. The van der Waals surface area contributed by atoms with Gasteiger partial charge in [0.1, 0.15) is 5.75 Å². The lowest BCUT2D eigenvalue weighted by molar-refractivity contribution is 0.101. The molecule has 1 aromatic rings. The molecule has 0 N–H and O–H groups in total. The van der Waals surface area contributed by atoms with Crippen molar-refractivity contribution in [1.82, 2.24) is 0 Å². The molecule has 1 aliphatic rings. The van der Waals surface area contributed by atoms with E-state index < -0.39 is 8.07 Å². The number of ketones is 1. The zero-order valence-electron chi connectivity index (χ0n) is 15.9. The highest BCUT2D eigenvalue weighted by molar-refractivity contribution is 6.77. The molecule has 0 aromatic heterocycles. The Bertz CT molecular complexity index is 605. The molecule has 24 heavy (non-hydrogen) atoms. The van der Waals surface area contributed by atoms with Crippen molar-refractivity contribution in [2.24, 2.45) is 5.92 Å². The first kappa shape index (κ1) is 19.0. The van der Waals surface area contributed by atoms with E-state index in [-0.39, 0.29) is 5.78 Å². The fraction of sp³-hybridized carbons (Fsp3) is 0.571. The molecule has 3 heteroatoms. The molecule has 2 rings (SSSR count). The summed E-state index contributed by atoms with van der Waals surface area (Å²) in [4.78, 5) is 11.7. The number of carbonyl (C=O) groups is 1. The maximum atomic E-state index is 11.7. The van der Waals surface area contributed by atoms with E-state index >= 15 is 0 Å². The van der Waals surface area contributed by atoms with E-state index in [1.54, 1.807) is 14.0 Å². The number of ether oxygens (including phenoxy) is 1. The third kappa shape index (κ3) is 5.34. The predicted octanol–water partition coefficient (Wildman–Crippen LogP) is 6.20. The molecular formula is C21H32O2Si. The second-order valence-electron chi connectivity index (χ2n) is 8.30. The van der Waals surface area contributed by atoms with Crippen LogP contribution in [0, 0.1) is 5.92 Å². The van der Waals surface area contributed by atoms with Gasteiger partial charge in [0, 0.05) is 19.2 Å². The Balaban J connectivity index is 2.42. The zero-order valence-corrected chi connectivity index (χ0v) is 16.9. The smallest absolute Gasteiger partial charge is 0.159 e. The molecule has 1 aromatic carbocycles. The minimum absolute atomic E-state index is 0.0860. The Morgan fingerprint density at radius 1 is 1.21 bits per heavy atom. The summed E-state index contributed by atoms with van der Waals surface area (Å²) >= 11 is 0. The molecule has 1 aliphatic carbocycles. The largest absolute Gasteiger partial charge is 0.496 e. The standard InChI is InChI=1S/C21H32O2Si/c1-16(22)18-11-12-20(21(14-18)23-2)19(15-24(3,4)5)13-17-9-7-6-8-10-17/h11-14,17H,6-10,15H2,1-5H3/b19-13+. The number of methoxy groups -OCH3 is 1. The fourth-order valence-corrected chi connectivity index (χ4v) is 5.03. The third-order valence-electron chi connectivity index (χ3n) is 4.76. The van der Waals surface area contributed by atoms with Crippen LogP contribution < -0.4 is 4.74 Å². The first-order chi connectivity index (χ1) is 11.3. The van der Waals surface area contributed by atoms with Crippen LogP contribution in [0.3, 0.4) is 0 Å². The minimum atomic E-state index is -1.25. The van der Waals surface area contributed by atoms with Gasteiger partial charge in [-0.3, -0.25) is 4.79 Å². The lowest BCUT2D eigenvalue weighted by Crippen LogP contribution is -2.20. The highest BCUT2D eigenvalue weighted by Gasteiger charge is 2.21. The van der Waals surface area contributed by atoms with Gasteiger partial charge in [-0.15, -0.1) is 0 Å². The quantitative estimate of drug-likeness (QED) is 0.453. The molecule has 0 saturated heterocycles. The van der Waals surface area contributed by atoms with E-state index in [1.165, 1.54) is 43.2 Å². The Hall–Kier alpha value is -1.35. The van der Waals surface area contributed by atoms with Gasteiger partial charge in [-0.05, 0) is 43.4 Å². The van der Waals surface area contributed by atoms with Crippen LogP contribution in [0.15, 0.2) is 24.3 Å². The van der Waals surface area contributed by atoms with Crippen molar-refractivity contribution in [2.75, 3.05) is 7.11 Å². The predicted molar refractivity (Wildman–Crippen MR) is 106 cm³/mol. The number of benzene rings is 1. The van der Waals surface area contributed by atoms with Gasteiger partial charge in [0.25, 0.3) is 0 Å². The second-order valence-corrected chi connectivity index (χ2v) is 13.8. The molecule has 0 atom stereocenters. The summed E-state index contributed by atoms with van der Waals surface area (Å²) in [5, 5.41) is 0. The Kier molecular flexibility index (Phi) is 6.45. The van der Waals surface area contributed by atoms with Gasteiger partial charge in [0.2, 0.25) is 0 Å². The number of allylic oxidation sites excluding steroid dienone is 2. The van der Waals surface area contributed by atoms with E-state index in [2.05, 4.69) is 31.8 Å². The maximum Gasteiger partial charge on any atom is 0.159 e. The van der Waals surface area contributed by atoms with Gasteiger partial charge >= 0.3 is 0 Å². The Labute approximate surface area is 148 Å². The number of carbonyl (C=O) groups excluding carboxylic acids is 1. The van der Waals surface area contributed by atoms with Crippen LogP contribution in [-0.4, -0.2) is 21.0 Å². The van der Waals surface area contributed by atoms with Crippen LogP contribution in [0.4, 0.5) is 0 Å². The lowest BCUT2D eigenvalue weighted by atomic mass is 9.87. The van der Waals surface area contributed by atoms with Crippen LogP contribution in [-0.2, 0) is 0 Å². The number of hydrogen-bond donors (Lipinski definition) is 0. The summed E-state index contributed by atoms with van der Waals surface area (Å²) in [5.74, 6) is 1.62. The highest BCUT2D eigenvalue weighted by Crippen LogP contribution is 2.36. The Morgan fingerprint density at radius 2 is 1.88 bits per heavy atom. The molecular weight excluding hydrogens is 312 g/mol. The van der Waals surface area contributed by atoms with Gasteiger partial charge in [0.05, 0.1) is 7.11 Å². The minimum Gasteiger partial charge on any atom is -0.496 e. The average Bonchev–Trinajstić information content (AvgIpc) is 2.53. The van der Waals surface area contributed by atoms with Crippen LogP contribution in [0.1, 0.15) is 54.9 Å². The summed E-state index contributed by atoms with van der Waals surface area (Å²) in [5.41, 5.74) is 3.32. The SMILES string of the molecule is COc1cc(C(C)=O)ccc1/C(=C/C1CCCCC1)C[Si](C)(C)C. The van der Waals surface area contributed by atoms with Gasteiger partial charge in [0.15, 0.2) is 5.78 Å². The first-order valence-corrected chi connectivity index (χ1v) is 12.9.